The van der Waals surface area contributed by atoms with Crippen molar-refractivity contribution in [1.29, 1.82) is 0 Å². The molecule has 2 heterocycles. The Hall–Kier alpha value is -1.62. The predicted molar refractivity (Wildman–Crippen MR) is 93.2 cm³/mol. The van der Waals surface area contributed by atoms with Crippen molar-refractivity contribution in [3.8, 4) is 5.75 Å². The second kappa shape index (κ2) is 7.97. The van der Waals surface area contributed by atoms with Crippen LogP contribution in [-0.4, -0.2) is 30.1 Å². The molecular formula is C18H17Cl2NO3. The molecule has 0 saturated carbocycles. The molecule has 0 spiro atoms. The van der Waals surface area contributed by atoms with E-state index in [1.54, 1.807) is 36.5 Å². The van der Waals surface area contributed by atoms with Gasteiger partial charge >= 0.3 is 0 Å². The lowest BCUT2D eigenvalue weighted by Crippen LogP contribution is -2.25. The van der Waals surface area contributed by atoms with E-state index in [1.165, 1.54) is 0 Å². The second-order valence-electron chi connectivity index (χ2n) is 5.66. The van der Waals surface area contributed by atoms with Crippen molar-refractivity contribution in [2.24, 2.45) is 0 Å². The summed E-state index contributed by atoms with van der Waals surface area (Å²) in [5.41, 5.74) is 1.21. The summed E-state index contributed by atoms with van der Waals surface area (Å²) in [5, 5.41) is 0.913. The highest BCUT2D eigenvalue weighted by atomic mass is 35.5. The van der Waals surface area contributed by atoms with Gasteiger partial charge in [0.25, 0.3) is 0 Å². The average molecular weight is 366 g/mol. The maximum atomic E-state index is 12.3. The average Bonchev–Trinajstić information content (AvgIpc) is 2.60. The summed E-state index contributed by atoms with van der Waals surface area (Å²) in [6, 6.07) is 8.64. The third-order valence-electron chi connectivity index (χ3n) is 3.84. The van der Waals surface area contributed by atoms with Gasteiger partial charge in [-0.3, -0.25) is 4.79 Å². The zero-order valence-electron chi connectivity index (χ0n) is 13.0. The van der Waals surface area contributed by atoms with Gasteiger partial charge in [-0.15, -0.1) is 0 Å². The number of nitrogens with zero attached hydrogens (tertiary/aromatic N) is 1. The van der Waals surface area contributed by atoms with E-state index >= 15 is 0 Å². The fourth-order valence-corrected chi connectivity index (χ4v) is 2.85. The van der Waals surface area contributed by atoms with Crippen molar-refractivity contribution < 1.29 is 14.3 Å². The molecule has 1 aromatic heterocycles. The molecule has 4 nitrogen and oxygen atoms in total. The van der Waals surface area contributed by atoms with E-state index in [4.69, 9.17) is 32.7 Å². The molecule has 0 radical (unpaired) electrons. The molecule has 1 fully saturated rings. The summed E-state index contributed by atoms with van der Waals surface area (Å²) < 4.78 is 11.2. The topological polar surface area (TPSA) is 48.4 Å². The van der Waals surface area contributed by atoms with Crippen LogP contribution >= 0.6 is 23.2 Å². The van der Waals surface area contributed by atoms with Crippen LogP contribution in [0.5, 0.6) is 5.75 Å². The summed E-state index contributed by atoms with van der Waals surface area (Å²) in [4.78, 5) is 16.5. The standard InChI is InChI=1S/C18H17Cl2NO3/c19-15-3-1-12(9-16(15)20)10-18(22)17-4-2-14(11-21-17)24-13-5-7-23-8-6-13/h1-4,9,11,13H,5-8,10H2. The highest BCUT2D eigenvalue weighted by molar-refractivity contribution is 6.42. The monoisotopic (exact) mass is 365 g/mol. The third kappa shape index (κ3) is 4.47. The van der Waals surface area contributed by atoms with E-state index in [2.05, 4.69) is 4.98 Å². The van der Waals surface area contributed by atoms with Gasteiger partial charge in [0.15, 0.2) is 5.78 Å². The van der Waals surface area contributed by atoms with Gasteiger partial charge < -0.3 is 9.47 Å². The maximum Gasteiger partial charge on any atom is 0.185 e. The van der Waals surface area contributed by atoms with E-state index in [1.807, 2.05) is 0 Å². The van der Waals surface area contributed by atoms with Gasteiger partial charge in [-0.05, 0) is 29.8 Å². The van der Waals surface area contributed by atoms with Crippen molar-refractivity contribution in [3.63, 3.8) is 0 Å². The Morgan fingerprint density at radius 2 is 1.96 bits per heavy atom. The van der Waals surface area contributed by atoms with Crippen LogP contribution in [-0.2, 0) is 11.2 Å². The number of hydrogen-bond donors (Lipinski definition) is 0. The molecule has 0 aliphatic carbocycles. The van der Waals surface area contributed by atoms with Crippen LogP contribution in [0, 0.1) is 0 Å². The zero-order chi connectivity index (χ0) is 16.9. The fourth-order valence-electron chi connectivity index (χ4n) is 2.53. The molecule has 1 saturated heterocycles. The van der Waals surface area contributed by atoms with Crippen LogP contribution in [0.15, 0.2) is 36.5 Å². The minimum Gasteiger partial charge on any atom is -0.489 e. The maximum absolute atomic E-state index is 12.3. The Labute approximate surface area is 150 Å². The number of Topliss-reactive ketones (excluding diaryl/α,β-unsaturated/α-hetero) is 1. The number of halogens is 2. The van der Waals surface area contributed by atoms with Gasteiger partial charge in [0, 0.05) is 19.3 Å². The lowest BCUT2D eigenvalue weighted by atomic mass is 10.1. The van der Waals surface area contributed by atoms with E-state index in [0.29, 0.717) is 21.5 Å². The van der Waals surface area contributed by atoms with Crippen LogP contribution < -0.4 is 4.74 Å². The summed E-state index contributed by atoms with van der Waals surface area (Å²) in [5.74, 6) is 0.596. The van der Waals surface area contributed by atoms with Gasteiger partial charge in [-0.2, -0.15) is 0 Å². The molecule has 1 aliphatic heterocycles. The second-order valence-corrected chi connectivity index (χ2v) is 6.47. The molecule has 0 unspecified atom stereocenters. The number of benzene rings is 1. The molecule has 0 atom stereocenters. The number of hydrogen-bond acceptors (Lipinski definition) is 4. The Bertz CT molecular complexity index is 713. The lowest BCUT2D eigenvalue weighted by molar-refractivity contribution is 0.0254. The van der Waals surface area contributed by atoms with Crippen LogP contribution in [0.2, 0.25) is 10.0 Å². The van der Waals surface area contributed by atoms with E-state index in [9.17, 15) is 4.79 Å². The third-order valence-corrected chi connectivity index (χ3v) is 4.58. The Morgan fingerprint density at radius 1 is 1.17 bits per heavy atom. The van der Waals surface area contributed by atoms with Gasteiger partial charge in [-0.1, -0.05) is 29.3 Å². The molecule has 1 aliphatic rings. The van der Waals surface area contributed by atoms with Gasteiger partial charge in [0.2, 0.25) is 0 Å². The van der Waals surface area contributed by atoms with Crippen LogP contribution in [0.3, 0.4) is 0 Å². The molecular weight excluding hydrogens is 349 g/mol. The summed E-state index contributed by atoms with van der Waals surface area (Å²) in [7, 11) is 0. The van der Waals surface area contributed by atoms with Crippen LogP contribution in [0.1, 0.15) is 28.9 Å². The first-order valence-electron chi connectivity index (χ1n) is 7.79. The van der Waals surface area contributed by atoms with Crippen molar-refractivity contribution in [1.82, 2.24) is 4.98 Å². The van der Waals surface area contributed by atoms with Gasteiger partial charge in [0.05, 0.1) is 29.5 Å². The quantitative estimate of drug-likeness (QED) is 0.738. The molecule has 0 amide bonds. The van der Waals surface area contributed by atoms with E-state index in [-0.39, 0.29) is 18.3 Å². The van der Waals surface area contributed by atoms with E-state index < -0.39 is 0 Å². The normalized spacial score (nSPS) is 15.2. The highest BCUT2D eigenvalue weighted by Crippen LogP contribution is 2.23. The van der Waals surface area contributed by atoms with Crippen LogP contribution in [0.25, 0.3) is 0 Å². The molecule has 1 aromatic carbocycles. The first kappa shape index (κ1) is 17.2. The molecule has 126 valence electrons. The molecule has 24 heavy (non-hydrogen) atoms. The lowest BCUT2D eigenvalue weighted by Gasteiger charge is -2.23. The molecule has 2 aromatic rings. The summed E-state index contributed by atoms with van der Waals surface area (Å²) in [6.07, 6.45) is 3.72. The van der Waals surface area contributed by atoms with Crippen molar-refractivity contribution >= 4 is 29.0 Å². The molecule has 0 bridgehead atoms. The first-order valence-corrected chi connectivity index (χ1v) is 8.55. The van der Waals surface area contributed by atoms with E-state index in [0.717, 1.165) is 31.6 Å². The first-order chi connectivity index (χ1) is 11.6. The Balaban J connectivity index is 1.61. The Morgan fingerprint density at radius 3 is 2.62 bits per heavy atom. The molecule has 0 N–H and O–H groups in total. The summed E-state index contributed by atoms with van der Waals surface area (Å²) >= 11 is 11.9. The number of ether oxygens (including phenoxy) is 2. The van der Waals surface area contributed by atoms with Crippen molar-refractivity contribution in [2.75, 3.05) is 13.2 Å². The van der Waals surface area contributed by atoms with Crippen molar-refractivity contribution in [2.45, 2.75) is 25.4 Å². The number of pyridine rings is 1. The predicted octanol–water partition coefficient (Wildman–Crippen LogP) is 4.37. The SMILES string of the molecule is O=C(Cc1ccc(Cl)c(Cl)c1)c1ccc(OC2CCOCC2)cn1. The number of carbonyl (C=O) groups is 1. The van der Waals surface area contributed by atoms with Gasteiger partial charge in [0.1, 0.15) is 17.5 Å². The fraction of sp³-hybridized carbons (Fsp3) is 0.333. The molecule has 3 rings (SSSR count). The largest absolute Gasteiger partial charge is 0.489 e. The highest BCUT2D eigenvalue weighted by Gasteiger charge is 2.16. The number of rotatable bonds is 5. The number of aromatic nitrogens is 1. The Kier molecular flexibility index (Phi) is 5.72. The van der Waals surface area contributed by atoms with Crippen LogP contribution in [0.4, 0.5) is 0 Å². The summed E-state index contributed by atoms with van der Waals surface area (Å²) in [6.45, 7) is 1.44. The minimum atomic E-state index is -0.0778. The molecule has 6 heteroatoms. The zero-order valence-corrected chi connectivity index (χ0v) is 14.5. The smallest absolute Gasteiger partial charge is 0.185 e. The van der Waals surface area contributed by atoms with Gasteiger partial charge in [-0.25, -0.2) is 4.98 Å². The minimum absolute atomic E-state index is 0.0778. The number of ketones is 1. The van der Waals surface area contributed by atoms with Crippen molar-refractivity contribution in [3.05, 3.63) is 57.8 Å². The number of carbonyl (C=O) groups excluding carboxylic acids is 1.